The third-order valence-electron chi connectivity index (χ3n) is 2.76. The molecule has 0 bridgehead atoms. The first-order chi connectivity index (χ1) is 7.89. The third-order valence-corrected chi connectivity index (χ3v) is 3.72. The second kappa shape index (κ2) is 4.01. The van der Waals surface area contributed by atoms with E-state index < -0.39 is 16.2 Å². The van der Waals surface area contributed by atoms with E-state index in [1.54, 1.807) is 24.3 Å². The van der Waals surface area contributed by atoms with Gasteiger partial charge in [-0.2, -0.15) is 8.42 Å². The fraction of sp³-hybridized carbons (Fsp3) is 0.300. The Hall–Kier alpha value is -1.60. The molecule has 1 unspecified atom stereocenters. The van der Waals surface area contributed by atoms with Crippen molar-refractivity contribution < 1.29 is 18.3 Å². The molecule has 6 nitrogen and oxygen atoms in total. The lowest BCUT2D eigenvalue weighted by molar-refractivity contribution is -0.137. The molecule has 0 aliphatic carbocycles. The maximum Gasteiger partial charge on any atom is 0.304 e. The number of carboxylic acids is 1. The van der Waals surface area contributed by atoms with E-state index in [0.29, 0.717) is 11.3 Å². The van der Waals surface area contributed by atoms with E-state index in [4.69, 9.17) is 10.2 Å². The third kappa shape index (κ3) is 2.25. The zero-order chi connectivity index (χ0) is 12.6. The molecule has 1 heterocycles. The molecule has 1 aromatic carbocycles. The molecule has 0 spiro atoms. The highest BCUT2D eigenvalue weighted by atomic mass is 32.2. The summed E-state index contributed by atoms with van der Waals surface area (Å²) in [6, 6.07) is 6.80. The van der Waals surface area contributed by atoms with Gasteiger partial charge in [0.05, 0.1) is 12.1 Å². The molecule has 0 amide bonds. The SMILES string of the molecule is NS(=O)(=O)N1CC(CC(=O)O)c2ccccc21. The van der Waals surface area contributed by atoms with Gasteiger partial charge < -0.3 is 5.11 Å². The van der Waals surface area contributed by atoms with Crippen molar-refractivity contribution in [1.82, 2.24) is 0 Å². The van der Waals surface area contributed by atoms with Crippen LogP contribution in [0.25, 0.3) is 0 Å². The monoisotopic (exact) mass is 256 g/mol. The van der Waals surface area contributed by atoms with Crippen molar-refractivity contribution in [3.8, 4) is 0 Å². The molecule has 1 aromatic rings. The number of anilines is 1. The number of aliphatic carboxylic acids is 1. The van der Waals surface area contributed by atoms with Gasteiger partial charge >= 0.3 is 5.97 Å². The molecule has 0 radical (unpaired) electrons. The van der Waals surface area contributed by atoms with Gasteiger partial charge in [0.25, 0.3) is 10.2 Å². The van der Waals surface area contributed by atoms with E-state index in [1.807, 2.05) is 0 Å². The Morgan fingerprint density at radius 1 is 1.47 bits per heavy atom. The number of nitrogens with two attached hydrogens (primary N) is 1. The van der Waals surface area contributed by atoms with Crippen LogP contribution in [0.15, 0.2) is 24.3 Å². The van der Waals surface area contributed by atoms with E-state index >= 15 is 0 Å². The molecule has 1 aliphatic rings. The Labute approximate surface area is 98.8 Å². The highest BCUT2D eigenvalue weighted by Crippen LogP contribution is 2.38. The molecule has 92 valence electrons. The van der Waals surface area contributed by atoms with Gasteiger partial charge in [0, 0.05) is 12.5 Å². The van der Waals surface area contributed by atoms with Crippen molar-refractivity contribution >= 4 is 21.9 Å². The summed E-state index contributed by atoms with van der Waals surface area (Å²) < 4.78 is 23.8. The van der Waals surface area contributed by atoms with Crippen molar-refractivity contribution in [3.63, 3.8) is 0 Å². The van der Waals surface area contributed by atoms with Gasteiger partial charge in [-0.3, -0.25) is 9.10 Å². The van der Waals surface area contributed by atoms with E-state index in [1.165, 1.54) is 0 Å². The molecule has 0 aromatic heterocycles. The molecule has 7 heteroatoms. The predicted octanol–water partition coefficient (Wildman–Crippen LogP) is 0.268. The minimum absolute atomic E-state index is 0.0878. The van der Waals surface area contributed by atoms with E-state index in [-0.39, 0.29) is 18.9 Å². The van der Waals surface area contributed by atoms with E-state index in [2.05, 4.69) is 0 Å². The molecule has 1 aliphatic heterocycles. The number of rotatable bonds is 3. The molecule has 3 N–H and O–H groups in total. The lowest BCUT2D eigenvalue weighted by Gasteiger charge is -2.15. The van der Waals surface area contributed by atoms with Crippen molar-refractivity contribution in [2.45, 2.75) is 12.3 Å². The zero-order valence-corrected chi connectivity index (χ0v) is 9.72. The number of carbonyl (C=O) groups is 1. The standard InChI is InChI=1S/C10H12N2O4S/c11-17(15,16)12-6-7(5-10(13)14)8-3-1-2-4-9(8)12/h1-4,7H,5-6H2,(H,13,14)(H2,11,15,16). The molecule has 0 saturated carbocycles. The topological polar surface area (TPSA) is 101 Å². The summed E-state index contributed by atoms with van der Waals surface area (Å²) in [5.41, 5.74) is 1.19. The summed E-state index contributed by atoms with van der Waals surface area (Å²) in [6.07, 6.45) is -0.108. The molecule has 0 saturated heterocycles. The quantitative estimate of drug-likeness (QED) is 0.810. The predicted molar refractivity (Wildman–Crippen MR) is 61.9 cm³/mol. The number of nitrogens with zero attached hydrogens (tertiary/aromatic N) is 1. The summed E-state index contributed by atoms with van der Waals surface area (Å²) in [5.74, 6) is -1.30. The van der Waals surface area contributed by atoms with Crippen molar-refractivity contribution in [2.75, 3.05) is 10.8 Å². The number of fused-ring (bicyclic) bond motifs is 1. The molecule has 1 atom stereocenters. The zero-order valence-electron chi connectivity index (χ0n) is 8.91. The molecular weight excluding hydrogens is 244 g/mol. The summed E-state index contributed by atoms with van der Waals surface area (Å²) in [4.78, 5) is 10.7. The Morgan fingerprint density at radius 2 is 2.12 bits per heavy atom. The molecule has 17 heavy (non-hydrogen) atoms. The highest BCUT2D eigenvalue weighted by Gasteiger charge is 2.34. The summed E-state index contributed by atoms with van der Waals surface area (Å²) in [5, 5.41) is 13.9. The minimum atomic E-state index is -3.84. The second-order valence-electron chi connectivity index (χ2n) is 3.93. The smallest absolute Gasteiger partial charge is 0.304 e. The van der Waals surface area contributed by atoms with E-state index in [9.17, 15) is 13.2 Å². The number of para-hydroxylation sites is 1. The Balaban J connectivity index is 2.43. The summed E-state index contributed by atoms with van der Waals surface area (Å²) >= 11 is 0. The maximum atomic E-state index is 11.4. The first-order valence-corrected chi connectivity index (χ1v) is 6.51. The van der Waals surface area contributed by atoms with Gasteiger partial charge in [-0.25, -0.2) is 5.14 Å². The molecule has 2 rings (SSSR count). The van der Waals surface area contributed by atoms with Crippen LogP contribution in [0.5, 0.6) is 0 Å². The van der Waals surface area contributed by atoms with Crippen LogP contribution in [-0.4, -0.2) is 26.0 Å². The van der Waals surface area contributed by atoms with Crippen LogP contribution in [0, 0.1) is 0 Å². The minimum Gasteiger partial charge on any atom is -0.481 e. The van der Waals surface area contributed by atoms with Gasteiger partial charge in [-0.1, -0.05) is 18.2 Å². The molecule has 0 fully saturated rings. The van der Waals surface area contributed by atoms with Crippen molar-refractivity contribution in [2.24, 2.45) is 5.14 Å². The Bertz CT molecular complexity index is 555. The fourth-order valence-corrected chi connectivity index (χ4v) is 2.91. The number of hydrogen-bond acceptors (Lipinski definition) is 3. The van der Waals surface area contributed by atoms with Crippen LogP contribution in [0.2, 0.25) is 0 Å². The number of benzene rings is 1. The van der Waals surface area contributed by atoms with Crippen LogP contribution in [0.3, 0.4) is 0 Å². The highest BCUT2D eigenvalue weighted by molar-refractivity contribution is 7.90. The molecular formula is C10H12N2O4S. The lowest BCUT2D eigenvalue weighted by atomic mass is 9.98. The average Bonchev–Trinajstić information content (AvgIpc) is 2.56. The Kier molecular flexibility index (Phi) is 2.80. The number of hydrogen-bond donors (Lipinski definition) is 2. The van der Waals surface area contributed by atoms with Gasteiger partial charge in [-0.15, -0.1) is 0 Å². The van der Waals surface area contributed by atoms with Gasteiger partial charge in [0.2, 0.25) is 0 Å². The van der Waals surface area contributed by atoms with Crippen molar-refractivity contribution in [3.05, 3.63) is 29.8 Å². The lowest BCUT2D eigenvalue weighted by Crippen LogP contribution is -2.36. The summed E-state index contributed by atoms with van der Waals surface area (Å²) in [6.45, 7) is 0.0878. The van der Waals surface area contributed by atoms with Gasteiger partial charge in [0.15, 0.2) is 0 Å². The Morgan fingerprint density at radius 3 is 2.71 bits per heavy atom. The van der Waals surface area contributed by atoms with E-state index in [0.717, 1.165) is 4.31 Å². The number of carboxylic acid groups (broad SMARTS) is 1. The average molecular weight is 256 g/mol. The normalized spacial score (nSPS) is 19.1. The van der Waals surface area contributed by atoms with Gasteiger partial charge in [-0.05, 0) is 11.6 Å². The van der Waals surface area contributed by atoms with Crippen molar-refractivity contribution in [1.29, 1.82) is 0 Å². The van der Waals surface area contributed by atoms with Gasteiger partial charge in [0.1, 0.15) is 0 Å². The maximum absolute atomic E-state index is 11.4. The first kappa shape index (κ1) is 11.9. The first-order valence-electron chi connectivity index (χ1n) is 5.01. The van der Waals surface area contributed by atoms with Crippen LogP contribution < -0.4 is 9.44 Å². The fourth-order valence-electron chi connectivity index (χ4n) is 2.08. The van der Waals surface area contributed by atoms with Crippen LogP contribution in [0.1, 0.15) is 17.9 Å². The summed E-state index contributed by atoms with van der Waals surface area (Å²) in [7, 11) is -3.84. The second-order valence-corrected chi connectivity index (χ2v) is 5.40. The van der Waals surface area contributed by atoms with Crippen LogP contribution in [-0.2, 0) is 15.0 Å². The van der Waals surface area contributed by atoms with Crippen LogP contribution >= 0.6 is 0 Å². The largest absolute Gasteiger partial charge is 0.481 e. The van der Waals surface area contributed by atoms with Crippen LogP contribution in [0.4, 0.5) is 5.69 Å².